The second-order valence-corrected chi connectivity index (χ2v) is 6.31. The number of fused-ring (bicyclic) bond motifs is 1. The molecule has 0 fully saturated rings. The first-order valence-corrected chi connectivity index (χ1v) is 8.87. The predicted octanol–water partition coefficient (Wildman–Crippen LogP) is 2.66. The Hall–Kier alpha value is -3.62. The summed E-state index contributed by atoms with van der Waals surface area (Å²) in [5.74, 6) is 0.445. The van der Waals surface area contributed by atoms with Gasteiger partial charge in [0.25, 0.3) is 0 Å². The fraction of sp³-hybridized carbons (Fsp3) is 0.263. The zero-order valence-electron chi connectivity index (χ0n) is 15.6. The summed E-state index contributed by atoms with van der Waals surface area (Å²) >= 11 is 0. The molecule has 1 aromatic carbocycles. The second kappa shape index (κ2) is 8.38. The van der Waals surface area contributed by atoms with Crippen LogP contribution >= 0.6 is 0 Å². The summed E-state index contributed by atoms with van der Waals surface area (Å²) in [5.41, 5.74) is 1.57. The van der Waals surface area contributed by atoms with E-state index in [0.717, 1.165) is 16.3 Å². The standard InChI is InChI=1S/C19H22N6O3/c1-3-20-18(26)23-17-10-13-6-4-5-12(14(13)11-21-17)9-16(22-19(27)28)15-7-8-25(2)24-15/h4-8,10-11,16,22H,3,9H2,1-2H3,(H,27,28)(H2,20,21,23,26). The number of rotatable bonds is 6. The number of urea groups is 1. The average Bonchev–Trinajstić information content (AvgIpc) is 3.07. The molecule has 1 atom stereocenters. The Morgan fingerprint density at radius 3 is 2.79 bits per heavy atom. The summed E-state index contributed by atoms with van der Waals surface area (Å²) in [6.07, 6.45) is 2.77. The first-order valence-electron chi connectivity index (χ1n) is 8.87. The average molecular weight is 382 g/mol. The maximum absolute atomic E-state index is 11.7. The largest absolute Gasteiger partial charge is 0.465 e. The number of amides is 3. The molecule has 0 spiro atoms. The quantitative estimate of drug-likeness (QED) is 0.522. The minimum absolute atomic E-state index is 0.314. The van der Waals surface area contributed by atoms with E-state index in [4.69, 9.17) is 0 Å². The Balaban J connectivity index is 1.89. The van der Waals surface area contributed by atoms with Crippen LogP contribution in [0.1, 0.15) is 24.2 Å². The van der Waals surface area contributed by atoms with Gasteiger partial charge in [0.2, 0.25) is 0 Å². The van der Waals surface area contributed by atoms with Crippen molar-refractivity contribution in [1.29, 1.82) is 0 Å². The number of hydrogen-bond donors (Lipinski definition) is 4. The number of carbonyl (C=O) groups is 2. The lowest BCUT2D eigenvalue weighted by molar-refractivity contribution is 0.189. The monoisotopic (exact) mass is 382 g/mol. The lowest BCUT2D eigenvalue weighted by atomic mass is 9.98. The van der Waals surface area contributed by atoms with Crippen LogP contribution in [0.5, 0.6) is 0 Å². The van der Waals surface area contributed by atoms with Crippen molar-refractivity contribution in [2.24, 2.45) is 7.05 Å². The van der Waals surface area contributed by atoms with Crippen molar-refractivity contribution in [1.82, 2.24) is 25.4 Å². The number of nitrogens with one attached hydrogen (secondary N) is 3. The Bertz CT molecular complexity index is 1000. The summed E-state index contributed by atoms with van der Waals surface area (Å²) in [7, 11) is 1.78. The zero-order chi connectivity index (χ0) is 20.1. The van der Waals surface area contributed by atoms with Crippen LogP contribution in [0, 0.1) is 0 Å². The van der Waals surface area contributed by atoms with Crippen molar-refractivity contribution >= 4 is 28.7 Å². The van der Waals surface area contributed by atoms with Gasteiger partial charge in [-0.1, -0.05) is 18.2 Å². The molecule has 0 radical (unpaired) electrons. The van der Waals surface area contributed by atoms with Crippen molar-refractivity contribution in [3.05, 3.63) is 54.0 Å². The highest BCUT2D eigenvalue weighted by molar-refractivity contribution is 5.92. The number of aromatic nitrogens is 3. The Morgan fingerprint density at radius 2 is 2.11 bits per heavy atom. The topological polar surface area (TPSA) is 121 Å². The van der Waals surface area contributed by atoms with Gasteiger partial charge in [-0.3, -0.25) is 10.00 Å². The summed E-state index contributed by atoms with van der Waals surface area (Å²) < 4.78 is 1.63. The van der Waals surface area contributed by atoms with Crippen molar-refractivity contribution < 1.29 is 14.7 Å². The van der Waals surface area contributed by atoms with E-state index >= 15 is 0 Å². The third-order valence-electron chi connectivity index (χ3n) is 4.25. The van der Waals surface area contributed by atoms with Crippen LogP contribution in [0.4, 0.5) is 15.4 Å². The van der Waals surface area contributed by atoms with E-state index in [-0.39, 0.29) is 6.03 Å². The maximum Gasteiger partial charge on any atom is 0.405 e. The molecule has 2 heterocycles. The lowest BCUT2D eigenvalue weighted by Gasteiger charge is -2.16. The number of aryl methyl sites for hydroxylation is 1. The molecule has 1 unspecified atom stereocenters. The number of pyridine rings is 1. The summed E-state index contributed by atoms with van der Waals surface area (Å²) in [4.78, 5) is 27.2. The molecule has 3 amide bonds. The molecular weight excluding hydrogens is 360 g/mol. The molecule has 9 heteroatoms. The molecule has 0 bridgehead atoms. The highest BCUT2D eigenvalue weighted by Gasteiger charge is 2.18. The number of carboxylic acid groups (broad SMARTS) is 1. The molecule has 4 N–H and O–H groups in total. The Labute approximate surface area is 161 Å². The molecule has 28 heavy (non-hydrogen) atoms. The van der Waals surface area contributed by atoms with Gasteiger partial charge in [0.05, 0.1) is 11.7 Å². The fourth-order valence-electron chi connectivity index (χ4n) is 3.02. The van der Waals surface area contributed by atoms with Gasteiger partial charge in [0, 0.05) is 31.4 Å². The van der Waals surface area contributed by atoms with Gasteiger partial charge in [0.1, 0.15) is 5.82 Å². The molecule has 9 nitrogen and oxygen atoms in total. The smallest absolute Gasteiger partial charge is 0.405 e. The Kier molecular flexibility index (Phi) is 5.73. The lowest BCUT2D eigenvalue weighted by Crippen LogP contribution is -2.29. The van der Waals surface area contributed by atoms with Crippen molar-refractivity contribution in [2.75, 3.05) is 11.9 Å². The number of nitrogens with zero attached hydrogens (tertiary/aromatic N) is 3. The van der Waals surface area contributed by atoms with Gasteiger partial charge in [-0.05, 0) is 36.4 Å². The van der Waals surface area contributed by atoms with Crippen LogP contribution in [0.3, 0.4) is 0 Å². The molecule has 0 aliphatic carbocycles. The van der Waals surface area contributed by atoms with Crippen molar-refractivity contribution in [2.45, 2.75) is 19.4 Å². The molecule has 3 rings (SSSR count). The van der Waals surface area contributed by atoms with E-state index in [2.05, 4.69) is 26.0 Å². The van der Waals surface area contributed by atoms with E-state index < -0.39 is 12.1 Å². The molecule has 0 aliphatic rings. The minimum Gasteiger partial charge on any atom is -0.465 e. The highest BCUT2D eigenvalue weighted by Crippen LogP contribution is 2.25. The normalized spacial score (nSPS) is 11.8. The molecule has 3 aromatic rings. The van der Waals surface area contributed by atoms with Crippen molar-refractivity contribution in [3.8, 4) is 0 Å². The molecule has 0 aliphatic heterocycles. The fourth-order valence-corrected chi connectivity index (χ4v) is 3.02. The summed E-state index contributed by atoms with van der Waals surface area (Å²) in [6, 6.07) is 8.52. The van der Waals surface area contributed by atoms with Gasteiger partial charge in [-0.25, -0.2) is 14.6 Å². The predicted molar refractivity (Wildman–Crippen MR) is 105 cm³/mol. The van der Waals surface area contributed by atoms with E-state index in [0.29, 0.717) is 24.5 Å². The first kappa shape index (κ1) is 19.2. The van der Waals surface area contributed by atoms with Crippen LogP contribution in [0.15, 0.2) is 42.7 Å². The molecule has 0 saturated carbocycles. The number of anilines is 1. The number of benzene rings is 1. The van der Waals surface area contributed by atoms with Crippen LogP contribution in [-0.4, -0.2) is 38.5 Å². The van der Waals surface area contributed by atoms with Crippen molar-refractivity contribution in [3.63, 3.8) is 0 Å². The summed E-state index contributed by atoms with van der Waals surface area (Å²) in [6.45, 7) is 2.36. The highest BCUT2D eigenvalue weighted by atomic mass is 16.4. The zero-order valence-corrected chi connectivity index (χ0v) is 15.6. The molecular formula is C19H22N6O3. The Morgan fingerprint density at radius 1 is 1.29 bits per heavy atom. The van der Waals surface area contributed by atoms with Gasteiger partial charge in [0.15, 0.2) is 0 Å². The number of carbonyl (C=O) groups excluding carboxylic acids is 1. The molecule has 0 saturated heterocycles. The first-order chi connectivity index (χ1) is 13.5. The third kappa shape index (κ3) is 4.56. The van der Waals surface area contributed by atoms with E-state index in [1.807, 2.05) is 25.1 Å². The molecule has 146 valence electrons. The van der Waals surface area contributed by atoms with Gasteiger partial charge < -0.3 is 15.7 Å². The van der Waals surface area contributed by atoms with E-state index in [9.17, 15) is 14.7 Å². The van der Waals surface area contributed by atoms with Crippen LogP contribution < -0.4 is 16.0 Å². The third-order valence-corrected chi connectivity index (χ3v) is 4.25. The second-order valence-electron chi connectivity index (χ2n) is 6.31. The summed E-state index contributed by atoms with van der Waals surface area (Å²) in [5, 5.41) is 23.2. The van der Waals surface area contributed by atoms with Gasteiger partial charge in [-0.2, -0.15) is 5.10 Å². The molecule has 2 aromatic heterocycles. The van der Waals surface area contributed by atoms with Crippen LogP contribution in [-0.2, 0) is 13.5 Å². The van der Waals surface area contributed by atoms with Crippen LogP contribution in [0.25, 0.3) is 10.8 Å². The van der Waals surface area contributed by atoms with Crippen LogP contribution in [0.2, 0.25) is 0 Å². The van der Waals surface area contributed by atoms with Gasteiger partial charge >= 0.3 is 12.1 Å². The van der Waals surface area contributed by atoms with E-state index in [1.54, 1.807) is 36.3 Å². The minimum atomic E-state index is -1.11. The van der Waals surface area contributed by atoms with Gasteiger partial charge in [-0.15, -0.1) is 0 Å². The SMILES string of the molecule is CCNC(=O)Nc1cc2cccc(CC(NC(=O)O)c3ccn(C)n3)c2cn1. The maximum atomic E-state index is 11.7. The van der Waals surface area contributed by atoms with E-state index in [1.165, 1.54) is 0 Å². The number of hydrogen-bond acceptors (Lipinski definition) is 4.